The number of rotatable bonds is 4. The number of aromatic nitrogens is 1. The lowest BCUT2D eigenvalue weighted by Crippen LogP contribution is -2.22. The van der Waals surface area contributed by atoms with Gasteiger partial charge in [0.1, 0.15) is 0 Å². The molecule has 0 saturated carbocycles. The summed E-state index contributed by atoms with van der Waals surface area (Å²) in [4.78, 5) is 4.11. The van der Waals surface area contributed by atoms with Crippen LogP contribution in [0.4, 0.5) is 13.2 Å². The molecule has 1 N–H and O–H groups in total. The molecule has 0 radical (unpaired) electrons. The molecule has 0 spiro atoms. The smallest absolute Gasteiger partial charge is 0.306 e. The summed E-state index contributed by atoms with van der Waals surface area (Å²) in [6.45, 7) is 6.54. The lowest BCUT2D eigenvalue weighted by molar-refractivity contribution is -0.137. The summed E-state index contributed by atoms with van der Waals surface area (Å²) in [5, 5.41) is 2.47. The Bertz CT molecular complexity index is 599. The van der Waals surface area contributed by atoms with Crippen molar-refractivity contribution in [2.75, 3.05) is 6.54 Å². The van der Waals surface area contributed by atoms with Gasteiger partial charge in [-0.1, -0.05) is 25.1 Å². The highest BCUT2D eigenvalue weighted by molar-refractivity contribution is 7.11. The maximum Gasteiger partial charge on any atom is 0.443 e. The van der Waals surface area contributed by atoms with Crippen molar-refractivity contribution in [3.8, 4) is 0 Å². The van der Waals surface area contributed by atoms with Crippen LogP contribution in [0, 0.1) is 13.8 Å². The first-order valence-electron chi connectivity index (χ1n) is 6.67. The molecular weight excluding hydrogens is 297 g/mol. The fraction of sp³-hybridized carbons (Fsp3) is 0.400. The van der Waals surface area contributed by atoms with Gasteiger partial charge in [0.25, 0.3) is 0 Å². The van der Waals surface area contributed by atoms with Gasteiger partial charge < -0.3 is 5.32 Å². The first-order chi connectivity index (χ1) is 9.84. The molecular formula is C15H17F3N2S. The Morgan fingerprint density at radius 2 is 1.86 bits per heavy atom. The van der Waals surface area contributed by atoms with E-state index in [0.717, 1.165) is 16.7 Å². The first kappa shape index (κ1) is 16.0. The Morgan fingerprint density at radius 1 is 1.24 bits per heavy atom. The molecule has 1 aromatic carbocycles. The largest absolute Gasteiger partial charge is 0.443 e. The summed E-state index contributed by atoms with van der Waals surface area (Å²) in [5.41, 5.74) is 3.14. The zero-order valence-corrected chi connectivity index (χ0v) is 12.9. The number of hydrogen-bond donors (Lipinski definition) is 1. The summed E-state index contributed by atoms with van der Waals surface area (Å²) in [6, 6.07) is 5.63. The molecule has 2 nitrogen and oxygen atoms in total. The topological polar surface area (TPSA) is 24.9 Å². The van der Waals surface area contributed by atoms with E-state index in [1.165, 1.54) is 6.20 Å². The summed E-state index contributed by atoms with van der Waals surface area (Å²) < 4.78 is 38.2. The highest BCUT2D eigenvalue weighted by Crippen LogP contribution is 2.37. The van der Waals surface area contributed by atoms with Crippen LogP contribution in [0.15, 0.2) is 24.4 Å². The summed E-state index contributed by atoms with van der Waals surface area (Å²) in [6.07, 6.45) is -3.06. The number of hydrogen-bond acceptors (Lipinski definition) is 3. The van der Waals surface area contributed by atoms with Crippen molar-refractivity contribution in [3.63, 3.8) is 0 Å². The lowest BCUT2D eigenvalue weighted by atomic mass is 9.95. The van der Waals surface area contributed by atoms with E-state index >= 15 is 0 Å². The Hall–Kier alpha value is -1.40. The van der Waals surface area contributed by atoms with Gasteiger partial charge in [0.15, 0.2) is 5.01 Å². The Labute approximate surface area is 126 Å². The molecule has 1 aromatic heterocycles. The predicted molar refractivity (Wildman–Crippen MR) is 78.6 cm³/mol. The molecule has 1 unspecified atom stereocenters. The van der Waals surface area contributed by atoms with Gasteiger partial charge in [0, 0.05) is 11.1 Å². The van der Waals surface area contributed by atoms with Crippen molar-refractivity contribution in [1.82, 2.24) is 10.3 Å². The highest BCUT2D eigenvalue weighted by Gasteiger charge is 2.35. The van der Waals surface area contributed by atoms with Crippen LogP contribution in [0.1, 0.15) is 39.5 Å². The SMILES string of the molecule is CCNC(c1cnc(C(F)(F)F)s1)c1c(C)cccc1C. The molecule has 21 heavy (non-hydrogen) atoms. The van der Waals surface area contributed by atoms with Gasteiger partial charge in [-0.05, 0) is 37.1 Å². The molecule has 0 aliphatic rings. The monoisotopic (exact) mass is 314 g/mol. The van der Waals surface area contributed by atoms with Crippen molar-refractivity contribution in [2.45, 2.75) is 33.0 Å². The Morgan fingerprint density at radius 3 is 2.33 bits per heavy atom. The van der Waals surface area contributed by atoms with Crippen LogP contribution >= 0.6 is 11.3 Å². The predicted octanol–water partition coefficient (Wildman–Crippen LogP) is 4.48. The minimum atomic E-state index is -4.39. The third-order valence-electron chi connectivity index (χ3n) is 3.29. The molecule has 0 aliphatic carbocycles. The Kier molecular flexibility index (Phi) is 4.68. The second-order valence-electron chi connectivity index (χ2n) is 4.86. The fourth-order valence-corrected chi connectivity index (χ4v) is 3.25. The second-order valence-corrected chi connectivity index (χ2v) is 5.92. The second kappa shape index (κ2) is 6.15. The van der Waals surface area contributed by atoms with E-state index in [2.05, 4.69) is 10.3 Å². The van der Waals surface area contributed by atoms with Crippen LogP contribution in [0.5, 0.6) is 0 Å². The van der Waals surface area contributed by atoms with Crippen LogP contribution in [-0.4, -0.2) is 11.5 Å². The standard InChI is InChI=1S/C15H17F3N2S/c1-4-19-13(12-9(2)6-5-7-10(12)3)11-8-20-14(21-11)15(16,17)18/h5-8,13,19H,4H2,1-3H3. The van der Waals surface area contributed by atoms with Crippen LogP contribution < -0.4 is 5.32 Å². The molecule has 0 amide bonds. The zero-order valence-electron chi connectivity index (χ0n) is 12.1. The van der Waals surface area contributed by atoms with Crippen LogP contribution in [-0.2, 0) is 6.18 Å². The van der Waals surface area contributed by atoms with Crippen LogP contribution in [0.3, 0.4) is 0 Å². The summed E-state index contributed by atoms with van der Waals surface area (Å²) in [5.74, 6) is 0. The minimum Gasteiger partial charge on any atom is -0.306 e. The molecule has 0 fully saturated rings. The van der Waals surface area contributed by atoms with Crippen molar-refractivity contribution < 1.29 is 13.2 Å². The summed E-state index contributed by atoms with van der Waals surface area (Å²) >= 11 is 0.702. The van der Waals surface area contributed by atoms with Gasteiger partial charge in [-0.25, -0.2) is 4.98 Å². The van der Waals surface area contributed by atoms with Crippen LogP contribution in [0.25, 0.3) is 0 Å². The normalized spacial score (nSPS) is 13.4. The number of nitrogens with zero attached hydrogens (tertiary/aromatic N) is 1. The van der Waals surface area contributed by atoms with E-state index < -0.39 is 11.2 Å². The quantitative estimate of drug-likeness (QED) is 0.900. The minimum absolute atomic E-state index is 0.259. The lowest BCUT2D eigenvalue weighted by Gasteiger charge is -2.21. The molecule has 6 heteroatoms. The van der Waals surface area contributed by atoms with Gasteiger partial charge in [-0.2, -0.15) is 13.2 Å². The average molecular weight is 314 g/mol. The Balaban J connectivity index is 2.47. The average Bonchev–Trinajstić information content (AvgIpc) is 2.86. The van der Waals surface area contributed by atoms with Crippen LogP contribution in [0.2, 0.25) is 0 Å². The van der Waals surface area contributed by atoms with E-state index in [0.29, 0.717) is 22.8 Å². The first-order valence-corrected chi connectivity index (χ1v) is 7.48. The van der Waals surface area contributed by atoms with Gasteiger partial charge in [0.2, 0.25) is 0 Å². The van der Waals surface area contributed by atoms with Crippen molar-refractivity contribution in [1.29, 1.82) is 0 Å². The zero-order chi connectivity index (χ0) is 15.6. The maximum atomic E-state index is 12.7. The van der Waals surface area contributed by atoms with Gasteiger partial charge in [-0.15, -0.1) is 11.3 Å². The van der Waals surface area contributed by atoms with E-state index in [-0.39, 0.29) is 6.04 Å². The number of halogens is 3. The summed E-state index contributed by atoms with van der Waals surface area (Å²) in [7, 11) is 0. The third kappa shape index (κ3) is 3.44. The van der Waals surface area contributed by atoms with Crippen molar-refractivity contribution in [2.24, 2.45) is 0 Å². The molecule has 0 aliphatic heterocycles. The number of alkyl halides is 3. The molecule has 1 heterocycles. The molecule has 0 bridgehead atoms. The molecule has 2 rings (SSSR count). The number of thiazole rings is 1. The van der Waals surface area contributed by atoms with E-state index in [9.17, 15) is 13.2 Å². The van der Waals surface area contributed by atoms with Crippen molar-refractivity contribution >= 4 is 11.3 Å². The van der Waals surface area contributed by atoms with E-state index in [4.69, 9.17) is 0 Å². The molecule has 2 aromatic rings. The number of nitrogens with one attached hydrogen (secondary N) is 1. The molecule has 0 saturated heterocycles. The molecule has 114 valence electrons. The fourth-order valence-electron chi connectivity index (χ4n) is 2.38. The van der Waals surface area contributed by atoms with E-state index in [1.54, 1.807) is 0 Å². The number of aryl methyl sites for hydroxylation is 2. The maximum absolute atomic E-state index is 12.7. The molecule has 1 atom stereocenters. The van der Waals surface area contributed by atoms with Gasteiger partial charge in [0.05, 0.1) is 6.04 Å². The third-order valence-corrected chi connectivity index (χ3v) is 4.40. The van der Waals surface area contributed by atoms with E-state index in [1.807, 2.05) is 39.0 Å². The number of benzene rings is 1. The van der Waals surface area contributed by atoms with Crippen molar-refractivity contribution in [3.05, 3.63) is 51.0 Å². The highest BCUT2D eigenvalue weighted by atomic mass is 32.1. The van der Waals surface area contributed by atoms with Gasteiger partial charge in [-0.3, -0.25) is 0 Å². The van der Waals surface area contributed by atoms with Gasteiger partial charge >= 0.3 is 6.18 Å².